The number of likely N-dealkylation sites (N-methyl/N-ethyl adjacent to an activating group) is 1. The Balaban J connectivity index is 1.58. The van der Waals surface area contributed by atoms with Crippen molar-refractivity contribution in [3.05, 3.63) is 26.0 Å². The Bertz CT molecular complexity index is 1830. The molecule has 5 atom stereocenters. The highest BCUT2D eigenvalue weighted by molar-refractivity contribution is 6.38. The van der Waals surface area contributed by atoms with E-state index in [1.165, 1.54) is 4.90 Å². The summed E-state index contributed by atoms with van der Waals surface area (Å²) in [5, 5.41) is 11.6. The lowest BCUT2D eigenvalue weighted by molar-refractivity contribution is -0.145. The van der Waals surface area contributed by atoms with Gasteiger partial charge >= 0.3 is 12.2 Å². The molecular weight excluding hydrogens is 806 g/mol. The number of hydrogen-bond donors (Lipinski definition) is 4. The van der Waals surface area contributed by atoms with Crippen LogP contribution in [0.15, 0.2) is 9.59 Å². The molecule has 3 fully saturated rings. The average Bonchev–Trinajstić information content (AvgIpc) is 3.86. The molecular formula is C46H73F3N6O7. The number of nitrogens with one attached hydrogen (secondary N) is 4. The molecule has 62 heavy (non-hydrogen) atoms. The molecule has 4 N–H and O–H groups in total. The second kappa shape index (κ2) is 20.2. The minimum Gasteiger partial charge on any atom is -0.369 e. The van der Waals surface area contributed by atoms with Crippen molar-refractivity contribution in [1.82, 2.24) is 26.2 Å². The number of amides is 5. The normalized spacial score (nSPS) is 21.0. The number of unbranched alkanes of at least 4 members (excludes halogenated alkanes) is 3. The fraction of sp³-hybridized carbons (Fsp3) is 0.804. The Kier molecular flexibility index (Phi) is 16.5. The van der Waals surface area contributed by atoms with Crippen LogP contribution in [0.5, 0.6) is 0 Å². The molecule has 3 aliphatic rings. The second-order valence-electron chi connectivity index (χ2n) is 21.1. The van der Waals surface area contributed by atoms with Crippen molar-refractivity contribution in [2.75, 3.05) is 25.0 Å². The summed E-state index contributed by atoms with van der Waals surface area (Å²) < 4.78 is 38.2. The van der Waals surface area contributed by atoms with Crippen molar-refractivity contribution >= 4 is 35.2 Å². The maximum Gasteiger partial charge on any atom is 0.389 e. The Morgan fingerprint density at radius 1 is 0.839 bits per heavy atom. The molecule has 1 unspecified atom stereocenters. The van der Waals surface area contributed by atoms with Crippen LogP contribution in [0.2, 0.25) is 0 Å². The molecule has 350 valence electrons. The summed E-state index contributed by atoms with van der Waals surface area (Å²) in [6.07, 6.45) is 1.71. The molecule has 4 rings (SSSR count). The molecule has 13 nitrogen and oxygen atoms in total. The lowest BCUT2D eigenvalue weighted by Gasteiger charge is -2.43. The van der Waals surface area contributed by atoms with Gasteiger partial charge in [0.05, 0.1) is 17.8 Å². The number of ketones is 1. The van der Waals surface area contributed by atoms with Crippen molar-refractivity contribution < 1.29 is 37.1 Å². The molecule has 1 aromatic rings. The van der Waals surface area contributed by atoms with Crippen LogP contribution in [-0.2, 0) is 24.6 Å². The van der Waals surface area contributed by atoms with Gasteiger partial charge in [-0.1, -0.05) is 101 Å². The summed E-state index contributed by atoms with van der Waals surface area (Å²) in [5.41, 5.74) is -2.03. The van der Waals surface area contributed by atoms with E-state index in [9.17, 15) is 41.9 Å². The van der Waals surface area contributed by atoms with Crippen LogP contribution in [-0.4, -0.2) is 91.0 Å². The molecule has 1 heterocycles. The smallest absolute Gasteiger partial charge is 0.369 e. The van der Waals surface area contributed by atoms with Crippen molar-refractivity contribution in [3.8, 4) is 0 Å². The highest BCUT2D eigenvalue weighted by Gasteiger charge is 2.50. The second-order valence-corrected chi connectivity index (χ2v) is 21.1. The van der Waals surface area contributed by atoms with E-state index in [-0.39, 0.29) is 50.2 Å². The first-order chi connectivity index (χ1) is 28.7. The van der Waals surface area contributed by atoms with Crippen LogP contribution >= 0.6 is 0 Å². The highest BCUT2D eigenvalue weighted by Crippen LogP contribution is 2.41. The van der Waals surface area contributed by atoms with Gasteiger partial charge in [0, 0.05) is 38.2 Å². The van der Waals surface area contributed by atoms with Crippen molar-refractivity contribution in [2.24, 2.45) is 22.7 Å². The third-order valence-electron chi connectivity index (χ3n) is 13.4. The molecule has 1 aromatic carbocycles. The van der Waals surface area contributed by atoms with E-state index in [0.29, 0.717) is 43.4 Å². The van der Waals surface area contributed by atoms with E-state index in [4.69, 9.17) is 0 Å². The van der Waals surface area contributed by atoms with Gasteiger partial charge in [0.25, 0.3) is 5.91 Å². The number of rotatable bonds is 19. The SMILES string of the molecule is CC(C)[C@H]1CCN(C(=O)[C@@H](NC(=O)N[C@H](CN(C)c2c(C(C)(C)C)c(=O)c2=O)C(C)(C)C)C2(C)CCCCC2)[C@@H]1C(=O)NC(CCCCCCC(F)(F)F)C(=O)C(=O)NC1CC1. The number of carbonyl (C=O) groups excluding carboxylic acids is 5. The van der Waals surface area contributed by atoms with Gasteiger partial charge in [-0.05, 0) is 73.0 Å². The van der Waals surface area contributed by atoms with Gasteiger partial charge in [-0.25, -0.2) is 4.79 Å². The fourth-order valence-electron chi connectivity index (χ4n) is 9.31. The number of carbonyl (C=O) groups is 5. The van der Waals surface area contributed by atoms with E-state index >= 15 is 4.79 Å². The zero-order valence-corrected chi connectivity index (χ0v) is 38.7. The molecule has 5 amide bonds. The van der Waals surface area contributed by atoms with Crippen LogP contribution in [0.3, 0.4) is 0 Å². The first-order valence-corrected chi connectivity index (χ1v) is 22.8. The maximum atomic E-state index is 15.1. The molecule has 0 aromatic heterocycles. The number of anilines is 1. The predicted octanol–water partition coefficient (Wildman–Crippen LogP) is 6.18. The quantitative estimate of drug-likeness (QED) is 0.0943. The Hall–Kier alpha value is -3.98. The number of nitrogens with zero attached hydrogens (tertiary/aromatic N) is 2. The maximum absolute atomic E-state index is 15.1. The Morgan fingerprint density at radius 3 is 2.00 bits per heavy atom. The number of likely N-dealkylation sites (tertiary alicyclic amines) is 1. The van der Waals surface area contributed by atoms with Crippen molar-refractivity contribution in [3.63, 3.8) is 0 Å². The van der Waals surface area contributed by atoms with Crippen LogP contribution < -0.4 is 37.0 Å². The summed E-state index contributed by atoms with van der Waals surface area (Å²) in [7, 11) is 1.72. The Morgan fingerprint density at radius 2 is 1.45 bits per heavy atom. The molecule has 16 heteroatoms. The number of hydrogen-bond acceptors (Lipinski definition) is 8. The summed E-state index contributed by atoms with van der Waals surface area (Å²) >= 11 is 0. The van der Waals surface area contributed by atoms with Crippen LogP contribution in [0.4, 0.5) is 23.7 Å². The first kappa shape index (κ1) is 50.7. The number of halogens is 3. The summed E-state index contributed by atoms with van der Waals surface area (Å²) in [4.78, 5) is 98.9. The van der Waals surface area contributed by atoms with Gasteiger partial charge in [-0.3, -0.25) is 28.8 Å². The van der Waals surface area contributed by atoms with Gasteiger partial charge < -0.3 is 31.1 Å². The minimum atomic E-state index is -4.26. The van der Waals surface area contributed by atoms with Gasteiger partial charge in [0.15, 0.2) is 0 Å². The van der Waals surface area contributed by atoms with E-state index in [1.54, 1.807) is 11.9 Å². The zero-order valence-electron chi connectivity index (χ0n) is 38.7. The largest absolute Gasteiger partial charge is 0.389 e. The van der Waals surface area contributed by atoms with Crippen molar-refractivity contribution in [2.45, 2.75) is 194 Å². The molecule has 0 bridgehead atoms. The fourth-order valence-corrected chi connectivity index (χ4v) is 9.31. The molecule has 2 saturated carbocycles. The zero-order chi connectivity index (χ0) is 46.5. The van der Waals surface area contributed by atoms with Crippen molar-refractivity contribution in [1.29, 1.82) is 0 Å². The van der Waals surface area contributed by atoms with Gasteiger partial charge in [-0.2, -0.15) is 13.2 Å². The van der Waals surface area contributed by atoms with E-state index in [0.717, 1.165) is 32.1 Å². The average molecular weight is 879 g/mol. The van der Waals surface area contributed by atoms with Crippen LogP contribution in [0, 0.1) is 22.7 Å². The van der Waals surface area contributed by atoms with Crippen LogP contribution in [0.25, 0.3) is 0 Å². The third-order valence-corrected chi connectivity index (χ3v) is 13.4. The first-order valence-electron chi connectivity index (χ1n) is 22.8. The molecule has 1 aliphatic heterocycles. The summed E-state index contributed by atoms with van der Waals surface area (Å²) in [6, 6.07) is -4.52. The monoisotopic (exact) mass is 879 g/mol. The van der Waals surface area contributed by atoms with Gasteiger partial charge in [0.1, 0.15) is 12.1 Å². The van der Waals surface area contributed by atoms with E-state index in [2.05, 4.69) is 21.3 Å². The van der Waals surface area contributed by atoms with Gasteiger partial charge in [-0.15, -0.1) is 0 Å². The number of urea groups is 1. The lowest BCUT2D eigenvalue weighted by Crippen LogP contribution is -2.63. The van der Waals surface area contributed by atoms with Crippen LogP contribution in [0.1, 0.15) is 158 Å². The summed E-state index contributed by atoms with van der Waals surface area (Å²) in [6.45, 7) is 17.8. The topological polar surface area (TPSA) is 174 Å². The summed E-state index contributed by atoms with van der Waals surface area (Å²) in [5.74, 6) is -3.03. The molecule has 1 saturated heterocycles. The minimum absolute atomic E-state index is 0.0491. The molecule has 0 spiro atoms. The lowest BCUT2D eigenvalue weighted by atomic mass is 9.70. The molecule has 2 aliphatic carbocycles. The molecule has 0 radical (unpaired) electrons. The third kappa shape index (κ3) is 13.0. The van der Waals surface area contributed by atoms with E-state index in [1.807, 2.05) is 62.3 Å². The number of alkyl halides is 3. The number of Topliss-reactive ketones (excluding diaryl/α,β-unsaturated/α-hetero) is 1. The predicted molar refractivity (Wildman–Crippen MR) is 234 cm³/mol. The standard InChI is InChI=1S/C46H73F3N6O7/c1-27(2)29-21-25-55(33(29)39(59)51-30(35(56)40(60)50-28-19-20-28)18-14-11-12-17-24-46(47,48)49)41(61)38(45(9)22-15-13-16-23-45)53-42(62)52-31(43(3,4)5)26-54(10)34-32(44(6,7)8)36(57)37(34)58/h27-31,33,38H,11-26H2,1-10H3,(H,50,60)(H,51,59)(H2,52,53,62)/t29-,30?,31-,33+,38-/m1/s1. The highest BCUT2D eigenvalue weighted by atomic mass is 19.4. The Labute approximate surface area is 365 Å². The van der Waals surface area contributed by atoms with E-state index < -0.39 is 93.4 Å². The van der Waals surface area contributed by atoms with Gasteiger partial charge in [0.2, 0.25) is 28.5 Å².